The molecule has 0 heterocycles. The van der Waals surface area contributed by atoms with Crippen molar-refractivity contribution in [2.24, 2.45) is 0 Å². The molecule has 0 aliphatic heterocycles. The van der Waals surface area contributed by atoms with Crippen LogP contribution in [0.25, 0.3) is 0 Å². The topological polar surface area (TPSA) is 9.23 Å². The Morgan fingerprint density at radius 1 is 1.46 bits per heavy atom. The molecule has 1 unspecified atom stereocenters. The summed E-state index contributed by atoms with van der Waals surface area (Å²) in [5, 5.41) is 0. The van der Waals surface area contributed by atoms with Gasteiger partial charge in [0.1, 0.15) is 0 Å². The SMILES string of the molecule is COC1(C)CCc2cc(I)ccc21. The summed E-state index contributed by atoms with van der Waals surface area (Å²) in [5.41, 5.74) is 2.78. The van der Waals surface area contributed by atoms with E-state index in [1.54, 1.807) is 7.11 Å². The molecule has 1 aromatic rings. The van der Waals surface area contributed by atoms with Crippen molar-refractivity contribution in [3.63, 3.8) is 0 Å². The first-order valence-corrected chi connectivity index (χ1v) is 5.58. The second kappa shape index (κ2) is 3.24. The maximum atomic E-state index is 5.56. The molecule has 1 atom stereocenters. The number of halogens is 1. The molecule has 13 heavy (non-hydrogen) atoms. The Balaban J connectivity index is 2.49. The second-order valence-corrected chi connectivity index (χ2v) is 4.98. The monoisotopic (exact) mass is 288 g/mol. The van der Waals surface area contributed by atoms with Crippen molar-refractivity contribution in [1.29, 1.82) is 0 Å². The number of rotatable bonds is 1. The molecule has 0 aromatic heterocycles. The van der Waals surface area contributed by atoms with Crippen LogP contribution in [0, 0.1) is 3.57 Å². The summed E-state index contributed by atoms with van der Waals surface area (Å²) in [4.78, 5) is 0. The van der Waals surface area contributed by atoms with Crippen LogP contribution in [-0.4, -0.2) is 7.11 Å². The van der Waals surface area contributed by atoms with Crippen LogP contribution in [0.1, 0.15) is 24.5 Å². The zero-order valence-electron chi connectivity index (χ0n) is 7.93. The van der Waals surface area contributed by atoms with E-state index in [9.17, 15) is 0 Å². The predicted molar refractivity (Wildman–Crippen MR) is 61.8 cm³/mol. The van der Waals surface area contributed by atoms with Gasteiger partial charge in [-0.1, -0.05) is 6.07 Å². The smallest absolute Gasteiger partial charge is 0.0905 e. The molecule has 1 aliphatic carbocycles. The number of methoxy groups -OCH3 is 1. The minimum Gasteiger partial charge on any atom is -0.374 e. The van der Waals surface area contributed by atoms with Gasteiger partial charge in [-0.15, -0.1) is 0 Å². The Bertz CT molecular complexity index is 335. The number of benzene rings is 1. The molecule has 2 rings (SSSR count). The van der Waals surface area contributed by atoms with Crippen molar-refractivity contribution in [1.82, 2.24) is 0 Å². The average molecular weight is 288 g/mol. The van der Waals surface area contributed by atoms with Crippen LogP contribution < -0.4 is 0 Å². The minimum absolute atomic E-state index is 0.0420. The van der Waals surface area contributed by atoms with Crippen LogP contribution >= 0.6 is 22.6 Å². The third-order valence-electron chi connectivity index (χ3n) is 2.96. The van der Waals surface area contributed by atoms with Gasteiger partial charge in [-0.25, -0.2) is 0 Å². The normalized spacial score (nSPS) is 26.1. The Labute approximate surface area is 92.6 Å². The van der Waals surface area contributed by atoms with Crippen molar-refractivity contribution in [3.05, 3.63) is 32.9 Å². The highest BCUT2D eigenvalue weighted by molar-refractivity contribution is 14.1. The molecule has 0 amide bonds. The van der Waals surface area contributed by atoms with E-state index >= 15 is 0 Å². The largest absolute Gasteiger partial charge is 0.374 e. The minimum atomic E-state index is -0.0420. The molecule has 0 N–H and O–H groups in total. The number of fused-ring (bicyclic) bond motifs is 1. The van der Waals surface area contributed by atoms with Crippen LogP contribution in [0.15, 0.2) is 18.2 Å². The van der Waals surface area contributed by atoms with Gasteiger partial charge in [0.15, 0.2) is 0 Å². The highest BCUT2D eigenvalue weighted by atomic mass is 127. The van der Waals surface area contributed by atoms with Crippen LogP contribution in [0.4, 0.5) is 0 Å². The van der Waals surface area contributed by atoms with Crippen LogP contribution in [-0.2, 0) is 16.8 Å². The molecule has 0 saturated heterocycles. The van der Waals surface area contributed by atoms with Gasteiger partial charge in [0.25, 0.3) is 0 Å². The summed E-state index contributed by atoms with van der Waals surface area (Å²) < 4.78 is 6.88. The third kappa shape index (κ3) is 1.50. The fourth-order valence-electron chi connectivity index (χ4n) is 2.00. The van der Waals surface area contributed by atoms with Crippen molar-refractivity contribution < 1.29 is 4.74 Å². The number of aryl methyl sites for hydroxylation is 1. The van der Waals surface area contributed by atoms with Crippen molar-refractivity contribution >= 4 is 22.6 Å². The first-order valence-electron chi connectivity index (χ1n) is 4.50. The third-order valence-corrected chi connectivity index (χ3v) is 3.63. The molecule has 2 heteroatoms. The number of hydrogen-bond acceptors (Lipinski definition) is 1. The fraction of sp³-hybridized carbons (Fsp3) is 0.455. The zero-order valence-corrected chi connectivity index (χ0v) is 10.1. The van der Waals surface area contributed by atoms with Gasteiger partial charge in [-0.3, -0.25) is 0 Å². The summed E-state index contributed by atoms with van der Waals surface area (Å²) >= 11 is 2.36. The molecule has 0 radical (unpaired) electrons. The van der Waals surface area contributed by atoms with Gasteiger partial charge in [-0.2, -0.15) is 0 Å². The van der Waals surface area contributed by atoms with E-state index in [2.05, 4.69) is 47.7 Å². The van der Waals surface area contributed by atoms with Crippen LogP contribution in [0.2, 0.25) is 0 Å². The number of ether oxygens (including phenoxy) is 1. The Hall–Kier alpha value is -0.0900. The van der Waals surface area contributed by atoms with E-state index < -0.39 is 0 Å². The standard InChI is InChI=1S/C11H13IO/c1-11(13-2)6-5-8-7-9(12)3-4-10(8)11/h3-4,7H,5-6H2,1-2H3. The van der Waals surface area contributed by atoms with E-state index in [-0.39, 0.29) is 5.60 Å². The summed E-state index contributed by atoms with van der Waals surface area (Å²) in [5.74, 6) is 0. The molecular weight excluding hydrogens is 275 g/mol. The summed E-state index contributed by atoms with van der Waals surface area (Å²) in [6, 6.07) is 6.62. The first kappa shape index (κ1) is 9.46. The Morgan fingerprint density at radius 2 is 2.23 bits per heavy atom. The molecular formula is C11H13IO. The lowest BCUT2D eigenvalue weighted by molar-refractivity contribution is 0.00381. The molecule has 1 nitrogen and oxygen atoms in total. The van der Waals surface area contributed by atoms with Gasteiger partial charge in [0, 0.05) is 10.7 Å². The van der Waals surface area contributed by atoms with Gasteiger partial charge >= 0.3 is 0 Å². The molecule has 70 valence electrons. The summed E-state index contributed by atoms with van der Waals surface area (Å²) in [6.07, 6.45) is 2.26. The molecule has 1 aromatic carbocycles. The van der Waals surface area contributed by atoms with Gasteiger partial charge in [0.05, 0.1) is 5.60 Å². The molecule has 0 saturated carbocycles. The lowest BCUT2D eigenvalue weighted by Gasteiger charge is -2.23. The molecule has 0 spiro atoms. The Kier molecular flexibility index (Phi) is 2.36. The predicted octanol–water partition coefficient (Wildman–Crippen LogP) is 3.10. The first-order chi connectivity index (χ1) is 6.15. The van der Waals surface area contributed by atoms with Gasteiger partial charge < -0.3 is 4.74 Å². The summed E-state index contributed by atoms with van der Waals surface area (Å²) in [7, 11) is 1.80. The van der Waals surface area contributed by atoms with Crippen LogP contribution in [0.3, 0.4) is 0 Å². The molecule has 1 aliphatic rings. The fourth-order valence-corrected chi connectivity index (χ4v) is 2.56. The van der Waals surface area contributed by atoms with Crippen LogP contribution in [0.5, 0.6) is 0 Å². The highest BCUT2D eigenvalue weighted by Crippen LogP contribution is 2.39. The highest BCUT2D eigenvalue weighted by Gasteiger charge is 2.33. The maximum absolute atomic E-state index is 5.56. The second-order valence-electron chi connectivity index (χ2n) is 3.74. The quantitative estimate of drug-likeness (QED) is 0.722. The van der Waals surface area contributed by atoms with E-state index in [0.717, 1.165) is 12.8 Å². The van der Waals surface area contributed by atoms with Crippen molar-refractivity contribution in [2.75, 3.05) is 7.11 Å². The zero-order chi connectivity index (χ0) is 9.47. The maximum Gasteiger partial charge on any atom is 0.0905 e. The van der Waals surface area contributed by atoms with Gasteiger partial charge in [-0.05, 0) is 65.6 Å². The summed E-state index contributed by atoms with van der Waals surface area (Å²) in [6.45, 7) is 2.17. The average Bonchev–Trinajstić information content (AvgIpc) is 2.45. The molecule has 0 fully saturated rings. The van der Waals surface area contributed by atoms with E-state index in [1.165, 1.54) is 14.7 Å². The Morgan fingerprint density at radius 3 is 2.92 bits per heavy atom. The van der Waals surface area contributed by atoms with Crippen molar-refractivity contribution in [2.45, 2.75) is 25.4 Å². The van der Waals surface area contributed by atoms with E-state index in [0.29, 0.717) is 0 Å². The van der Waals surface area contributed by atoms with Gasteiger partial charge in [0.2, 0.25) is 0 Å². The molecule has 0 bridgehead atoms. The lowest BCUT2D eigenvalue weighted by Crippen LogP contribution is -2.20. The number of hydrogen-bond donors (Lipinski definition) is 0. The van der Waals surface area contributed by atoms with E-state index in [4.69, 9.17) is 4.74 Å². The van der Waals surface area contributed by atoms with E-state index in [1.807, 2.05) is 0 Å². The van der Waals surface area contributed by atoms with Crippen molar-refractivity contribution in [3.8, 4) is 0 Å². The lowest BCUT2D eigenvalue weighted by atomic mass is 9.98.